The Labute approximate surface area is 165 Å². The normalized spacial score (nSPS) is 11.8. The van der Waals surface area contributed by atoms with E-state index in [1.807, 2.05) is 30.3 Å². The first-order valence-electron chi connectivity index (χ1n) is 9.34. The number of allylic oxidation sites excluding steroid dienone is 1. The second kappa shape index (κ2) is 7.77. The number of hydrogen-bond donors (Lipinski definition) is 1. The minimum atomic E-state index is 0.737. The topological polar surface area (TPSA) is 17.0 Å². The van der Waals surface area contributed by atoms with Gasteiger partial charge in [-0.25, -0.2) is 0 Å². The third-order valence-corrected chi connectivity index (χ3v) is 5.02. The Morgan fingerprint density at radius 3 is 2.00 bits per heavy atom. The summed E-state index contributed by atoms with van der Waals surface area (Å²) in [5.74, 6) is 0. The standard InChI is InChI=1S/C24H22N2S/c1-2-3-15-23(24(27)25-18-11-5-4-6-12-18)26-21-16-9-7-13-19(21)20-14-8-10-17-22(20)26/h4-17H,2-3H2,1H3,(H,25,27)/b23-15+. The Bertz CT molecular complexity index is 1070. The van der Waals surface area contributed by atoms with Crippen LogP contribution in [0.3, 0.4) is 0 Å². The van der Waals surface area contributed by atoms with Crippen molar-refractivity contribution in [2.45, 2.75) is 19.8 Å². The predicted octanol–water partition coefficient (Wildman–Crippen LogP) is 6.88. The van der Waals surface area contributed by atoms with Crippen LogP contribution < -0.4 is 5.32 Å². The molecule has 0 saturated heterocycles. The van der Waals surface area contributed by atoms with E-state index in [1.165, 1.54) is 21.8 Å². The van der Waals surface area contributed by atoms with Crippen LogP contribution in [0.15, 0.2) is 84.9 Å². The van der Waals surface area contributed by atoms with Gasteiger partial charge in [-0.1, -0.05) is 86.2 Å². The molecule has 0 saturated carbocycles. The molecule has 0 amide bonds. The molecule has 0 fully saturated rings. The van der Waals surface area contributed by atoms with Crippen LogP contribution in [0, 0.1) is 0 Å². The van der Waals surface area contributed by atoms with E-state index in [-0.39, 0.29) is 0 Å². The smallest absolute Gasteiger partial charge is 0.127 e. The van der Waals surface area contributed by atoms with Crippen LogP contribution in [-0.2, 0) is 0 Å². The molecule has 0 aliphatic carbocycles. The van der Waals surface area contributed by atoms with E-state index >= 15 is 0 Å². The molecule has 3 heteroatoms. The third-order valence-electron chi connectivity index (χ3n) is 4.71. The maximum atomic E-state index is 5.84. The summed E-state index contributed by atoms with van der Waals surface area (Å²) < 4.78 is 2.29. The highest BCUT2D eigenvalue weighted by Gasteiger charge is 2.16. The second-order valence-electron chi connectivity index (χ2n) is 6.57. The van der Waals surface area contributed by atoms with Crippen molar-refractivity contribution in [1.29, 1.82) is 0 Å². The number of thiocarbonyl (C=S) groups is 1. The molecular formula is C24H22N2S. The van der Waals surface area contributed by atoms with Gasteiger partial charge in [-0.05, 0) is 30.7 Å². The summed E-state index contributed by atoms with van der Waals surface area (Å²) in [5.41, 5.74) is 4.40. The van der Waals surface area contributed by atoms with Gasteiger partial charge in [-0.3, -0.25) is 0 Å². The molecular weight excluding hydrogens is 348 g/mol. The van der Waals surface area contributed by atoms with Crippen molar-refractivity contribution < 1.29 is 0 Å². The van der Waals surface area contributed by atoms with Gasteiger partial charge >= 0.3 is 0 Å². The van der Waals surface area contributed by atoms with Gasteiger partial charge in [-0.15, -0.1) is 0 Å². The lowest BCUT2D eigenvalue weighted by atomic mass is 10.2. The fourth-order valence-corrected chi connectivity index (χ4v) is 3.76. The number of para-hydroxylation sites is 3. The van der Waals surface area contributed by atoms with Gasteiger partial charge in [-0.2, -0.15) is 0 Å². The number of rotatable bonds is 5. The summed E-state index contributed by atoms with van der Waals surface area (Å²) >= 11 is 5.84. The Morgan fingerprint density at radius 1 is 0.852 bits per heavy atom. The number of fused-ring (bicyclic) bond motifs is 3. The molecule has 1 heterocycles. The first-order valence-corrected chi connectivity index (χ1v) is 9.75. The van der Waals surface area contributed by atoms with Crippen LogP contribution in [-0.4, -0.2) is 9.56 Å². The molecule has 0 spiro atoms. The fraction of sp³-hybridized carbons (Fsp3) is 0.125. The predicted molar refractivity (Wildman–Crippen MR) is 121 cm³/mol. The van der Waals surface area contributed by atoms with Gasteiger partial charge in [0.1, 0.15) is 4.99 Å². The van der Waals surface area contributed by atoms with Crippen molar-refractivity contribution in [3.63, 3.8) is 0 Å². The summed E-state index contributed by atoms with van der Waals surface area (Å²) in [6, 6.07) is 27.2. The fourth-order valence-electron chi connectivity index (χ4n) is 3.47. The lowest BCUT2D eigenvalue weighted by molar-refractivity contribution is 0.956. The van der Waals surface area contributed by atoms with Crippen molar-refractivity contribution in [2.24, 2.45) is 0 Å². The molecule has 1 aromatic heterocycles. The highest BCUT2D eigenvalue weighted by molar-refractivity contribution is 7.81. The molecule has 1 N–H and O–H groups in total. The zero-order valence-electron chi connectivity index (χ0n) is 15.4. The molecule has 0 unspecified atom stereocenters. The van der Waals surface area contributed by atoms with E-state index in [0.717, 1.165) is 29.2 Å². The Hall–Kier alpha value is -2.91. The zero-order chi connectivity index (χ0) is 18.6. The van der Waals surface area contributed by atoms with E-state index in [0.29, 0.717) is 0 Å². The van der Waals surface area contributed by atoms with E-state index in [1.54, 1.807) is 0 Å². The minimum absolute atomic E-state index is 0.737. The SMILES string of the molecule is CCC/C=C(\C(=S)Nc1ccccc1)n1c2ccccc2c2ccccc21. The lowest BCUT2D eigenvalue weighted by Gasteiger charge is -2.16. The van der Waals surface area contributed by atoms with Gasteiger partial charge in [0.15, 0.2) is 0 Å². The van der Waals surface area contributed by atoms with Crippen LogP contribution in [0.5, 0.6) is 0 Å². The average Bonchev–Trinajstić information content (AvgIpc) is 3.04. The van der Waals surface area contributed by atoms with Gasteiger partial charge in [0.05, 0.1) is 16.7 Å². The van der Waals surface area contributed by atoms with Crippen molar-refractivity contribution in [3.8, 4) is 0 Å². The summed E-state index contributed by atoms with van der Waals surface area (Å²) in [4.78, 5) is 0.737. The second-order valence-corrected chi connectivity index (χ2v) is 6.98. The van der Waals surface area contributed by atoms with Crippen molar-refractivity contribution in [3.05, 3.63) is 84.9 Å². The number of hydrogen-bond acceptors (Lipinski definition) is 1. The van der Waals surface area contributed by atoms with E-state index in [9.17, 15) is 0 Å². The molecule has 2 nitrogen and oxygen atoms in total. The first-order chi connectivity index (χ1) is 13.3. The summed E-state index contributed by atoms with van der Waals surface area (Å²) in [5, 5.41) is 5.91. The summed E-state index contributed by atoms with van der Waals surface area (Å²) in [6.07, 6.45) is 4.30. The summed E-state index contributed by atoms with van der Waals surface area (Å²) in [7, 11) is 0. The maximum Gasteiger partial charge on any atom is 0.127 e. The number of nitrogens with zero attached hydrogens (tertiary/aromatic N) is 1. The quantitative estimate of drug-likeness (QED) is 0.305. The molecule has 4 rings (SSSR count). The third kappa shape index (κ3) is 3.38. The maximum absolute atomic E-state index is 5.84. The van der Waals surface area contributed by atoms with Gasteiger partial charge < -0.3 is 9.88 Å². The van der Waals surface area contributed by atoms with Gasteiger partial charge in [0, 0.05) is 16.5 Å². The Kier molecular flexibility index (Phi) is 5.03. The largest absolute Gasteiger partial charge is 0.345 e. The monoisotopic (exact) mass is 370 g/mol. The average molecular weight is 371 g/mol. The summed E-state index contributed by atoms with van der Waals surface area (Å²) in [6.45, 7) is 2.19. The number of anilines is 1. The van der Waals surface area contributed by atoms with Crippen LogP contribution in [0.1, 0.15) is 19.8 Å². The highest BCUT2D eigenvalue weighted by atomic mass is 32.1. The first kappa shape index (κ1) is 17.5. The number of benzene rings is 3. The molecule has 3 aromatic carbocycles. The van der Waals surface area contributed by atoms with E-state index in [4.69, 9.17) is 12.2 Å². The van der Waals surface area contributed by atoms with Crippen LogP contribution in [0.4, 0.5) is 5.69 Å². The minimum Gasteiger partial charge on any atom is -0.345 e. The molecule has 27 heavy (non-hydrogen) atoms. The van der Waals surface area contributed by atoms with E-state index < -0.39 is 0 Å². The zero-order valence-corrected chi connectivity index (χ0v) is 16.2. The van der Waals surface area contributed by atoms with Crippen molar-refractivity contribution >= 4 is 50.4 Å². The Balaban J connectivity index is 1.89. The molecule has 134 valence electrons. The Morgan fingerprint density at radius 2 is 1.41 bits per heavy atom. The molecule has 0 radical (unpaired) electrons. The molecule has 0 aliphatic heterocycles. The van der Waals surface area contributed by atoms with Crippen molar-refractivity contribution in [2.75, 3.05) is 5.32 Å². The van der Waals surface area contributed by atoms with Gasteiger partial charge in [0.2, 0.25) is 0 Å². The molecule has 0 bridgehead atoms. The van der Waals surface area contributed by atoms with Crippen LogP contribution >= 0.6 is 12.2 Å². The molecule has 0 atom stereocenters. The molecule has 4 aromatic rings. The van der Waals surface area contributed by atoms with Crippen LogP contribution in [0.2, 0.25) is 0 Å². The van der Waals surface area contributed by atoms with E-state index in [2.05, 4.69) is 71.4 Å². The van der Waals surface area contributed by atoms with Crippen molar-refractivity contribution in [1.82, 2.24) is 4.57 Å². The van der Waals surface area contributed by atoms with Gasteiger partial charge in [0.25, 0.3) is 0 Å². The number of nitrogens with one attached hydrogen (secondary N) is 1. The number of unbranched alkanes of at least 4 members (excludes halogenated alkanes) is 1. The highest BCUT2D eigenvalue weighted by Crippen LogP contribution is 2.32. The number of aromatic nitrogens is 1. The molecule has 0 aliphatic rings. The van der Waals surface area contributed by atoms with Crippen LogP contribution in [0.25, 0.3) is 27.5 Å². The lowest BCUT2D eigenvalue weighted by Crippen LogP contribution is -2.15.